The molecule has 10 rings (SSSR count). The average molecular weight is 739 g/mol. The molecular weight excluding hydrogens is 693 g/mol. The topological polar surface area (TPSA) is 14.7 Å². The fraction of sp³-hybridized carbons (Fsp3) is 0.132. The Morgan fingerprint density at radius 3 is 1.39 bits per heavy atom. The fourth-order valence-corrected chi connectivity index (χ4v) is 9.02. The van der Waals surface area contributed by atoms with Crippen LogP contribution >= 0.6 is 0 Å². The van der Waals surface area contributed by atoms with Gasteiger partial charge in [0.05, 0.1) is 16.7 Å². The average Bonchev–Trinajstić information content (AvgIpc) is 3.52. The summed E-state index contributed by atoms with van der Waals surface area (Å²) in [5, 5.41) is 5.14. The summed E-state index contributed by atoms with van der Waals surface area (Å²) in [5.41, 5.74) is 19.6. The van der Waals surface area contributed by atoms with Gasteiger partial charge in [0.2, 0.25) is 0 Å². The first-order valence-corrected chi connectivity index (χ1v) is 19.9. The van der Waals surface area contributed by atoms with E-state index in [1.807, 2.05) is 0 Å². The Morgan fingerprint density at radius 2 is 0.877 bits per heavy atom. The summed E-state index contributed by atoms with van der Waals surface area (Å²) >= 11 is 0. The van der Waals surface area contributed by atoms with Crippen LogP contribution in [0.5, 0.6) is 0 Å². The molecular formula is C53H46N4. The van der Waals surface area contributed by atoms with E-state index in [1.165, 1.54) is 77.2 Å². The number of hydrogen-bond donors (Lipinski definition) is 0. The molecule has 0 radical (unpaired) electrons. The standard InChI is InChI=1S/C53H46N4/c1-34-11-19-39(20-12-34)56(40-21-13-35(2)14-22-40)43-27-29-45-38(31-43)33-54(5)52-50(45)46-9-7-8-10-47(46)51-48-30-28-44(32-49(48)55(6)53(51)52)57(41-23-15-36(3)16-24-41)42-25-17-37(4)18-26-42/h7-32H,33H2,1-6H3. The van der Waals surface area contributed by atoms with Gasteiger partial charge in [-0.15, -0.1) is 0 Å². The third-order valence-corrected chi connectivity index (χ3v) is 11.9. The molecule has 0 spiro atoms. The molecule has 0 amide bonds. The van der Waals surface area contributed by atoms with Gasteiger partial charge in [-0.05, 0) is 122 Å². The first kappa shape index (κ1) is 34.7. The molecule has 4 heteroatoms. The van der Waals surface area contributed by atoms with Crippen LogP contribution in [0.2, 0.25) is 0 Å². The Kier molecular flexibility index (Phi) is 8.19. The third kappa shape index (κ3) is 5.74. The molecule has 0 fully saturated rings. The zero-order valence-electron chi connectivity index (χ0n) is 33.5. The SMILES string of the molecule is Cc1ccc(N(c2ccc(C)cc2)c2ccc3c(c2)CN(C)c2c-3c3ccccc3c3c4ccc(N(c5ccc(C)cc5)c5ccc(C)cc5)cc4n(C)c23)cc1. The highest BCUT2D eigenvalue weighted by Crippen LogP contribution is 2.52. The van der Waals surface area contributed by atoms with Crippen LogP contribution in [0.15, 0.2) is 158 Å². The van der Waals surface area contributed by atoms with Crippen molar-refractivity contribution in [3.05, 3.63) is 186 Å². The van der Waals surface area contributed by atoms with Crippen molar-refractivity contribution in [2.45, 2.75) is 34.2 Å². The fourth-order valence-electron chi connectivity index (χ4n) is 9.02. The maximum Gasteiger partial charge on any atom is 0.0739 e. The van der Waals surface area contributed by atoms with Gasteiger partial charge in [0.25, 0.3) is 0 Å². The normalized spacial score (nSPS) is 12.3. The van der Waals surface area contributed by atoms with Gasteiger partial charge >= 0.3 is 0 Å². The summed E-state index contributed by atoms with van der Waals surface area (Å²) < 4.78 is 2.44. The van der Waals surface area contributed by atoms with Crippen LogP contribution in [-0.2, 0) is 13.6 Å². The molecule has 8 aromatic carbocycles. The first-order valence-electron chi connectivity index (χ1n) is 19.9. The number of hydrogen-bond acceptors (Lipinski definition) is 3. The van der Waals surface area contributed by atoms with Crippen LogP contribution in [0.3, 0.4) is 0 Å². The van der Waals surface area contributed by atoms with Gasteiger partial charge in [-0.25, -0.2) is 0 Å². The van der Waals surface area contributed by atoms with Gasteiger partial charge in [-0.1, -0.05) is 107 Å². The quantitative estimate of drug-likeness (QED) is 0.169. The summed E-state index contributed by atoms with van der Waals surface area (Å²) in [6.45, 7) is 9.39. The first-order chi connectivity index (χ1) is 27.7. The number of fused-ring (bicyclic) bond motifs is 10. The second kappa shape index (κ2) is 13.5. The second-order valence-electron chi connectivity index (χ2n) is 16.0. The molecule has 278 valence electrons. The summed E-state index contributed by atoms with van der Waals surface area (Å²) in [7, 11) is 4.51. The van der Waals surface area contributed by atoms with E-state index in [4.69, 9.17) is 0 Å². The highest BCUT2D eigenvalue weighted by Gasteiger charge is 2.29. The van der Waals surface area contributed by atoms with Crippen molar-refractivity contribution in [3.8, 4) is 11.1 Å². The predicted molar refractivity (Wildman–Crippen MR) is 244 cm³/mol. The number of rotatable bonds is 6. The predicted octanol–water partition coefficient (Wildman–Crippen LogP) is 14.3. The van der Waals surface area contributed by atoms with Gasteiger partial charge in [-0.2, -0.15) is 0 Å². The number of aryl methyl sites for hydroxylation is 5. The molecule has 0 N–H and O–H groups in total. The van der Waals surface area contributed by atoms with Crippen molar-refractivity contribution in [1.82, 2.24) is 4.57 Å². The van der Waals surface area contributed by atoms with Crippen molar-refractivity contribution in [2.75, 3.05) is 21.7 Å². The molecule has 4 nitrogen and oxygen atoms in total. The molecule has 0 aliphatic carbocycles. The summed E-state index contributed by atoms with van der Waals surface area (Å²) in [5.74, 6) is 0. The minimum absolute atomic E-state index is 0.806. The van der Waals surface area contributed by atoms with Gasteiger partial charge in [0, 0.05) is 71.1 Å². The van der Waals surface area contributed by atoms with Crippen LogP contribution < -0.4 is 14.7 Å². The van der Waals surface area contributed by atoms with Crippen molar-refractivity contribution < 1.29 is 0 Å². The maximum absolute atomic E-state index is 2.48. The van der Waals surface area contributed by atoms with E-state index in [0.29, 0.717) is 0 Å². The molecule has 0 saturated carbocycles. The van der Waals surface area contributed by atoms with E-state index in [9.17, 15) is 0 Å². The van der Waals surface area contributed by atoms with Gasteiger partial charge in [-0.3, -0.25) is 0 Å². The van der Waals surface area contributed by atoms with E-state index in [2.05, 4.69) is 219 Å². The van der Waals surface area contributed by atoms with E-state index < -0.39 is 0 Å². The van der Waals surface area contributed by atoms with Crippen LogP contribution in [0.25, 0.3) is 43.7 Å². The van der Waals surface area contributed by atoms with Crippen LogP contribution in [0.1, 0.15) is 27.8 Å². The Morgan fingerprint density at radius 1 is 0.439 bits per heavy atom. The number of anilines is 7. The highest BCUT2D eigenvalue weighted by molar-refractivity contribution is 6.29. The number of aromatic nitrogens is 1. The monoisotopic (exact) mass is 738 g/mol. The lowest BCUT2D eigenvalue weighted by molar-refractivity contribution is 0.906. The Hall–Kier alpha value is -6.78. The summed E-state index contributed by atoms with van der Waals surface area (Å²) in [6.07, 6.45) is 0. The third-order valence-electron chi connectivity index (χ3n) is 11.9. The summed E-state index contributed by atoms with van der Waals surface area (Å²) in [6, 6.07) is 58.5. The lowest BCUT2D eigenvalue weighted by Gasteiger charge is -2.33. The van der Waals surface area contributed by atoms with E-state index in [1.54, 1.807) is 0 Å². The molecule has 0 unspecified atom stereocenters. The molecule has 0 bridgehead atoms. The largest absolute Gasteiger partial charge is 0.368 e. The lowest BCUT2D eigenvalue weighted by atomic mass is 9.87. The van der Waals surface area contributed by atoms with Crippen LogP contribution in [0, 0.1) is 27.7 Å². The molecule has 1 aromatic heterocycles. The summed E-state index contributed by atoms with van der Waals surface area (Å²) in [4.78, 5) is 7.23. The van der Waals surface area contributed by atoms with Gasteiger partial charge in [0.1, 0.15) is 0 Å². The number of nitrogens with zero attached hydrogens (tertiary/aromatic N) is 4. The maximum atomic E-state index is 2.48. The number of benzene rings is 8. The van der Waals surface area contributed by atoms with E-state index in [0.717, 1.165) is 40.7 Å². The second-order valence-corrected chi connectivity index (χ2v) is 16.0. The molecule has 0 saturated heterocycles. The molecule has 9 aromatic rings. The van der Waals surface area contributed by atoms with Crippen molar-refractivity contribution in [2.24, 2.45) is 7.05 Å². The van der Waals surface area contributed by atoms with Crippen LogP contribution in [-0.4, -0.2) is 11.6 Å². The van der Waals surface area contributed by atoms with E-state index in [-0.39, 0.29) is 0 Å². The zero-order chi connectivity index (χ0) is 38.9. The van der Waals surface area contributed by atoms with Gasteiger partial charge in [0.15, 0.2) is 0 Å². The molecule has 2 heterocycles. The molecule has 1 aliphatic heterocycles. The van der Waals surface area contributed by atoms with Crippen molar-refractivity contribution >= 4 is 72.4 Å². The minimum Gasteiger partial charge on any atom is -0.368 e. The lowest BCUT2D eigenvalue weighted by Crippen LogP contribution is -2.23. The van der Waals surface area contributed by atoms with Crippen molar-refractivity contribution in [3.63, 3.8) is 0 Å². The van der Waals surface area contributed by atoms with Gasteiger partial charge < -0.3 is 19.3 Å². The zero-order valence-corrected chi connectivity index (χ0v) is 33.5. The Bertz CT molecular complexity index is 2880. The molecule has 57 heavy (non-hydrogen) atoms. The van der Waals surface area contributed by atoms with Crippen LogP contribution in [0.4, 0.5) is 39.8 Å². The molecule has 0 atom stereocenters. The smallest absolute Gasteiger partial charge is 0.0739 e. The van der Waals surface area contributed by atoms with E-state index >= 15 is 0 Å². The Labute approximate surface area is 335 Å². The minimum atomic E-state index is 0.806. The Balaban J connectivity index is 1.17. The highest BCUT2D eigenvalue weighted by atomic mass is 15.2. The molecule has 1 aliphatic rings. The van der Waals surface area contributed by atoms with Crippen molar-refractivity contribution in [1.29, 1.82) is 0 Å².